The third-order valence-electron chi connectivity index (χ3n) is 3.51. The molecule has 2 atom stereocenters. The summed E-state index contributed by atoms with van der Waals surface area (Å²) in [6.45, 7) is 0. The van der Waals surface area contributed by atoms with Gasteiger partial charge in [0.05, 0.1) is 12.1 Å². The van der Waals surface area contributed by atoms with Gasteiger partial charge in [0.25, 0.3) is 5.91 Å². The molecule has 0 bridgehead atoms. The molecule has 0 aromatic carbocycles. The molecule has 1 heterocycles. The summed E-state index contributed by atoms with van der Waals surface area (Å²) in [5, 5.41) is 11.5. The molecule has 1 aliphatic rings. The molecule has 1 fully saturated rings. The number of carboxylic acids is 1. The Morgan fingerprint density at radius 2 is 2.24 bits per heavy atom. The van der Waals surface area contributed by atoms with E-state index in [9.17, 15) is 9.59 Å². The van der Waals surface area contributed by atoms with Crippen LogP contribution in [0.4, 0.5) is 0 Å². The third kappa shape index (κ3) is 4.13. The highest BCUT2D eigenvalue weighted by atomic mass is 16.5. The molecule has 0 spiro atoms. The number of pyridine rings is 1. The van der Waals surface area contributed by atoms with Crippen LogP contribution in [0, 0.1) is 0 Å². The Kier molecular flexibility index (Phi) is 5.05. The number of rotatable bonds is 5. The number of aromatic nitrogens is 1. The number of carbonyl (C=O) groups excluding carboxylic acids is 1. The van der Waals surface area contributed by atoms with Gasteiger partial charge in [-0.3, -0.25) is 9.78 Å². The number of nitrogens with one attached hydrogen (secondary N) is 1. The number of amides is 1. The minimum Gasteiger partial charge on any atom is -0.478 e. The minimum absolute atomic E-state index is 0.0240. The summed E-state index contributed by atoms with van der Waals surface area (Å²) < 4.78 is 5.33. The Morgan fingerprint density at radius 1 is 1.43 bits per heavy atom. The van der Waals surface area contributed by atoms with Crippen molar-refractivity contribution in [3.8, 4) is 0 Å². The van der Waals surface area contributed by atoms with Crippen LogP contribution >= 0.6 is 0 Å². The molecule has 2 unspecified atom stereocenters. The van der Waals surface area contributed by atoms with Crippen molar-refractivity contribution in [1.82, 2.24) is 10.3 Å². The normalized spacial score (nSPS) is 21.6. The summed E-state index contributed by atoms with van der Waals surface area (Å²) in [7, 11) is 1.65. The molecule has 2 rings (SSSR count). The second kappa shape index (κ2) is 6.99. The quantitative estimate of drug-likeness (QED) is 0.802. The number of nitrogens with zero attached hydrogens (tertiary/aromatic N) is 1. The van der Waals surface area contributed by atoms with Gasteiger partial charge in [0.1, 0.15) is 5.69 Å². The van der Waals surface area contributed by atoms with Crippen LogP contribution in [-0.4, -0.2) is 41.2 Å². The van der Waals surface area contributed by atoms with Crippen LogP contribution in [0.3, 0.4) is 0 Å². The molecular formula is C15H18N2O4. The van der Waals surface area contributed by atoms with Crippen molar-refractivity contribution in [2.75, 3.05) is 7.11 Å². The van der Waals surface area contributed by atoms with Crippen LogP contribution in [-0.2, 0) is 9.53 Å². The number of aliphatic carboxylic acids is 1. The fourth-order valence-electron chi connectivity index (χ4n) is 2.42. The standard InChI is InChI=1S/C15H18N2O4/c1-21-13-4-2-3-11(13)17-15(20)12-7-5-10(9-16-12)6-8-14(18)19/h5-9,11,13H,2-4H2,1H3,(H,17,20)(H,18,19). The number of carbonyl (C=O) groups is 2. The van der Waals surface area contributed by atoms with E-state index in [0.29, 0.717) is 11.3 Å². The summed E-state index contributed by atoms with van der Waals surface area (Å²) >= 11 is 0. The fourth-order valence-corrected chi connectivity index (χ4v) is 2.42. The lowest BCUT2D eigenvalue weighted by molar-refractivity contribution is -0.131. The van der Waals surface area contributed by atoms with Gasteiger partial charge in [-0.1, -0.05) is 6.07 Å². The van der Waals surface area contributed by atoms with E-state index >= 15 is 0 Å². The highest BCUT2D eigenvalue weighted by Crippen LogP contribution is 2.21. The van der Waals surface area contributed by atoms with Crippen molar-refractivity contribution in [2.45, 2.75) is 31.4 Å². The fraction of sp³-hybridized carbons (Fsp3) is 0.400. The van der Waals surface area contributed by atoms with Gasteiger partial charge < -0.3 is 15.2 Å². The lowest BCUT2D eigenvalue weighted by Crippen LogP contribution is -2.41. The molecule has 1 aromatic heterocycles. The second-order valence-corrected chi connectivity index (χ2v) is 4.93. The Balaban J connectivity index is 1.98. The van der Waals surface area contributed by atoms with Crippen LogP contribution in [0.15, 0.2) is 24.4 Å². The zero-order chi connectivity index (χ0) is 15.2. The molecule has 112 valence electrons. The largest absolute Gasteiger partial charge is 0.478 e. The van der Waals surface area contributed by atoms with Gasteiger partial charge in [-0.05, 0) is 37.0 Å². The van der Waals surface area contributed by atoms with E-state index in [0.717, 1.165) is 25.3 Å². The maximum absolute atomic E-state index is 12.1. The molecule has 1 saturated carbocycles. The highest BCUT2D eigenvalue weighted by molar-refractivity contribution is 5.92. The molecule has 6 nitrogen and oxygen atoms in total. The van der Waals surface area contributed by atoms with Crippen molar-refractivity contribution in [3.05, 3.63) is 35.7 Å². The Labute approximate surface area is 122 Å². The Morgan fingerprint density at radius 3 is 2.86 bits per heavy atom. The van der Waals surface area contributed by atoms with Crippen LogP contribution in [0.2, 0.25) is 0 Å². The lowest BCUT2D eigenvalue weighted by atomic mass is 10.2. The van der Waals surface area contributed by atoms with Gasteiger partial charge in [0.15, 0.2) is 0 Å². The molecule has 2 N–H and O–H groups in total. The molecule has 0 radical (unpaired) electrons. The highest BCUT2D eigenvalue weighted by Gasteiger charge is 2.28. The monoisotopic (exact) mass is 290 g/mol. The number of ether oxygens (including phenoxy) is 1. The first-order valence-electron chi connectivity index (χ1n) is 6.81. The van der Waals surface area contributed by atoms with Gasteiger partial charge in [-0.25, -0.2) is 4.79 Å². The molecule has 1 aromatic rings. The Hall–Kier alpha value is -2.21. The molecule has 21 heavy (non-hydrogen) atoms. The van der Waals surface area contributed by atoms with E-state index in [1.165, 1.54) is 12.3 Å². The first-order chi connectivity index (χ1) is 10.1. The summed E-state index contributed by atoms with van der Waals surface area (Å²) in [5.74, 6) is -1.26. The number of methoxy groups -OCH3 is 1. The first kappa shape index (κ1) is 15.2. The lowest BCUT2D eigenvalue weighted by Gasteiger charge is -2.19. The Bertz CT molecular complexity index is 539. The first-order valence-corrected chi connectivity index (χ1v) is 6.81. The van der Waals surface area contributed by atoms with Gasteiger partial charge >= 0.3 is 5.97 Å². The predicted octanol–water partition coefficient (Wildman–Crippen LogP) is 1.48. The maximum Gasteiger partial charge on any atom is 0.328 e. The third-order valence-corrected chi connectivity index (χ3v) is 3.51. The minimum atomic E-state index is -1.02. The predicted molar refractivity (Wildman–Crippen MR) is 76.8 cm³/mol. The van der Waals surface area contributed by atoms with Crippen molar-refractivity contribution in [1.29, 1.82) is 0 Å². The second-order valence-electron chi connectivity index (χ2n) is 4.93. The van der Waals surface area contributed by atoms with Crippen LogP contribution in [0.25, 0.3) is 6.08 Å². The number of hydrogen-bond donors (Lipinski definition) is 2. The average molecular weight is 290 g/mol. The average Bonchev–Trinajstić information content (AvgIpc) is 2.92. The smallest absolute Gasteiger partial charge is 0.328 e. The molecule has 1 aliphatic carbocycles. The van der Waals surface area contributed by atoms with Crippen molar-refractivity contribution in [3.63, 3.8) is 0 Å². The SMILES string of the molecule is COC1CCCC1NC(=O)c1ccc(C=CC(=O)O)cn1. The molecule has 0 aliphatic heterocycles. The van der Waals surface area contributed by atoms with Crippen LogP contribution in [0.1, 0.15) is 35.3 Å². The number of hydrogen-bond acceptors (Lipinski definition) is 4. The van der Waals surface area contributed by atoms with Crippen molar-refractivity contribution in [2.24, 2.45) is 0 Å². The van der Waals surface area contributed by atoms with E-state index in [1.54, 1.807) is 19.2 Å². The van der Waals surface area contributed by atoms with Crippen molar-refractivity contribution < 1.29 is 19.4 Å². The van der Waals surface area contributed by atoms with Gasteiger partial charge in [0.2, 0.25) is 0 Å². The molecule has 1 amide bonds. The summed E-state index contributed by atoms with van der Waals surface area (Å²) in [4.78, 5) is 26.6. The van der Waals surface area contributed by atoms with E-state index < -0.39 is 5.97 Å². The maximum atomic E-state index is 12.1. The van der Waals surface area contributed by atoms with E-state index in [2.05, 4.69) is 10.3 Å². The van der Waals surface area contributed by atoms with E-state index in [-0.39, 0.29) is 18.1 Å². The summed E-state index contributed by atoms with van der Waals surface area (Å²) in [5.41, 5.74) is 0.939. The van der Waals surface area contributed by atoms with E-state index in [4.69, 9.17) is 9.84 Å². The summed E-state index contributed by atoms with van der Waals surface area (Å²) in [6.07, 6.45) is 6.88. The van der Waals surface area contributed by atoms with Gasteiger partial charge in [0, 0.05) is 19.4 Å². The number of carboxylic acid groups (broad SMARTS) is 1. The van der Waals surface area contributed by atoms with Crippen LogP contribution < -0.4 is 5.32 Å². The van der Waals surface area contributed by atoms with E-state index in [1.807, 2.05) is 0 Å². The zero-order valence-electron chi connectivity index (χ0n) is 11.8. The van der Waals surface area contributed by atoms with Crippen molar-refractivity contribution >= 4 is 18.0 Å². The summed E-state index contributed by atoms with van der Waals surface area (Å²) in [6, 6.07) is 3.26. The molecule has 6 heteroatoms. The molecular weight excluding hydrogens is 272 g/mol. The topological polar surface area (TPSA) is 88.5 Å². The zero-order valence-corrected chi connectivity index (χ0v) is 11.8. The van der Waals surface area contributed by atoms with Gasteiger partial charge in [-0.15, -0.1) is 0 Å². The molecule has 0 saturated heterocycles. The van der Waals surface area contributed by atoms with Crippen LogP contribution in [0.5, 0.6) is 0 Å². The van der Waals surface area contributed by atoms with Gasteiger partial charge in [-0.2, -0.15) is 0 Å².